The third-order valence-corrected chi connectivity index (χ3v) is 3.53. The van der Waals surface area contributed by atoms with Crippen LogP contribution in [0.3, 0.4) is 0 Å². The fraction of sp³-hybridized carbons (Fsp3) is 0.286. The Morgan fingerprint density at radius 1 is 1.45 bits per heavy atom. The second-order valence-electron chi connectivity index (χ2n) is 4.66. The lowest BCUT2D eigenvalue weighted by atomic mass is 10.1. The van der Waals surface area contributed by atoms with Crippen molar-refractivity contribution in [2.75, 3.05) is 31.3 Å². The van der Waals surface area contributed by atoms with Crippen molar-refractivity contribution < 1.29 is 4.79 Å². The first-order valence-electron chi connectivity index (χ1n) is 6.30. The number of nitrogens with one attached hydrogen (secondary N) is 1. The van der Waals surface area contributed by atoms with Crippen LogP contribution in [-0.2, 0) is 6.42 Å². The van der Waals surface area contributed by atoms with Gasteiger partial charge in [-0.3, -0.25) is 4.79 Å². The molecule has 1 aromatic heterocycles. The molecule has 106 valence electrons. The topological polar surface area (TPSA) is 71.2 Å². The molecule has 1 heterocycles. The molecule has 5 nitrogen and oxygen atoms in total. The fourth-order valence-electron chi connectivity index (χ4n) is 1.89. The van der Waals surface area contributed by atoms with Crippen molar-refractivity contribution in [3.05, 3.63) is 40.3 Å². The predicted molar refractivity (Wildman–Crippen MR) is 83.3 cm³/mol. The number of carbonyl (C=O) groups is 1. The highest BCUT2D eigenvalue weighted by Gasteiger charge is 2.13. The van der Waals surface area contributed by atoms with Gasteiger partial charge in [0.15, 0.2) is 0 Å². The summed E-state index contributed by atoms with van der Waals surface area (Å²) in [6.07, 6.45) is 0.731. The van der Waals surface area contributed by atoms with Crippen molar-refractivity contribution in [1.82, 2.24) is 10.3 Å². The molecular formula is C14H18N4OS. The number of hydrogen-bond acceptors (Lipinski definition) is 5. The lowest BCUT2D eigenvalue weighted by Crippen LogP contribution is -2.27. The van der Waals surface area contributed by atoms with Gasteiger partial charge in [-0.2, -0.15) is 0 Å². The first-order valence-corrected chi connectivity index (χ1v) is 7.24. The number of carbonyl (C=O) groups excluding carboxylic acids is 1. The number of anilines is 2. The Bertz CT molecular complexity index is 581. The Kier molecular flexibility index (Phi) is 4.57. The Labute approximate surface area is 122 Å². The minimum absolute atomic E-state index is 0.115. The predicted octanol–water partition coefficient (Wildman–Crippen LogP) is 1.76. The maximum absolute atomic E-state index is 12.2. The second kappa shape index (κ2) is 6.38. The van der Waals surface area contributed by atoms with E-state index in [0.717, 1.165) is 17.8 Å². The van der Waals surface area contributed by atoms with Crippen molar-refractivity contribution in [2.24, 2.45) is 0 Å². The Hall–Kier alpha value is -2.08. The van der Waals surface area contributed by atoms with Crippen molar-refractivity contribution in [1.29, 1.82) is 0 Å². The molecule has 0 saturated carbocycles. The van der Waals surface area contributed by atoms with Crippen LogP contribution in [0.1, 0.15) is 16.1 Å². The molecule has 0 radical (unpaired) electrons. The summed E-state index contributed by atoms with van der Waals surface area (Å²) in [6.45, 7) is 0.560. The van der Waals surface area contributed by atoms with E-state index in [9.17, 15) is 4.79 Å². The number of aromatic nitrogens is 1. The molecule has 1 aromatic carbocycles. The van der Waals surface area contributed by atoms with Gasteiger partial charge < -0.3 is 16.0 Å². The van der Waals surface area contributed by atoms with Crippen LogP contribution in [-0.4, -0.2) is 31.5 Å². The van der Waals surface area contributed by atoms with Crippen LogP contribution < -0.4 is 16.0 Å². The number of rotatable bonds is 5. The Balaban J connectivity index is 2.03. The molecule has 2 aromatic rings. The molecule has 3 N–H and O–H groups in total. The molecular weight excluding hydrogens is 272 g/mol. The van der Waals surface area contributed by atoms with Crippen LogP contribution in [0.25, 0.3) is 0 Å². The summed E-state index contributed by atoms with van der Waals surface area (Å²) in [6, 6.07) is 5.35. The van der Waals surface area contributed by atoms with E-state index in [2.05, 4.69) is 10.3 Å². The van der Waals surface area contributed by atoms with Crippen LogP contribution in [0.5, 0.6) is 0 Å². The van der Waals surface area contributed by atoms with Gasteiger partial charge in [0, 0.05) is 43.8 Å². The molecule has 0 atom stereocenters. The van der Waals surface area contributed by atoms with E-state index in [4.69, 9.17) is 5.73 Å². The molecule has 0 aliphatic rings. The Morgan fingerprint density at radius 2 is 2.25 bits per heavy atom. The van der Waals surface area contributed by atoms with Gasteiger partial charge in [0.05, 0.1) is 16.8 Å². The summed E-state index contributed by atoms with van der Waals surface area (Å²) in [5, 5.41) is 4.89. The summed E-state index contributed by atoms with van der Waals surface area (Å²) in [5.41, 5.74) is 10.6. The number of nitrogens with zero attached hydrogens (tertiary/aromatic N) is 2. The molecule has 0 saturated heterocycles. The van der Waals surface area contributed by atoms with Gasteiger partial charge >= 0.3 is 0 Å². The number of nitrogen functional groups attached to an aromatic ring is 1. The van der Waals surface area contributed by atoms with Crippen LogP contribution in [0, 0.1) is 0 Å². The van der Waals surface area contributed by atoms with Gasteiger partial charge in [0.2, 0.25) is 0 Å². The molecule has 6 heteroatoms. The zero-order valence-corrected chi connectivity index (χ0v) is 12.4. The lowest BCUT2D eigenvalue weighted by Gasteiger charge is -2.17. The maximum atomic E-state index is 12.2. The molecule has 0 spiro atoms. The number of amides is 1. The van der Waals surface area contributed by atoms with E-state index in [1.807, 2.05) is 30.4 Å². The van der Waals surface area contributed by atoms with Crippen LogP contribution >= 0.6 is 11.3 Å². The SMILES string of the molecule is CN(C)c1ccc(N)cc1C(=O)NCCc1cscn1. The van der Waals surface area contributed by atoms with Gasteiger partial charge in [0.1, 0.15) is 0 Å². The molecule has 2 rings (SSSR count). The first-order chi connectivity index (χ1) is 9.58. The molecule has 0 aliphatic heterocycles. The van der Waals surface area contributed by atoms with E-state index < -0.39 is 0 Å². The lowest BCUT2D eigenvalue weighted by molar-refractivity contribution is 0.0954. The van der Waals surface area contributed by atoms with Gasteiger partial charge in [-0.15, -0.1) is 11.3 Å². The quantitative estimate of drug-likeness (QED) is 0.823. The van der Waals surface area contributed by atoms with E-state index in [-0.39, 0.29) is 5.91 Å². The van der Waals surface area contributed by atoms with Crippen LogP contribution in [0.2, 0.25) is 0 Å². The van der Waals surface area contributed by atoms with Crippen molar-refractivity contribution in [2.45, 2.75) is 6.42 Å². The number of hydrogen-bond donors (Lipinski definition) is 2. The van der Waals surface area contributed by atoms with E-state index in [1.54, 1.807) is 29.0 Å². The normalized spacial score (nSPS) is 10.3. The van der Waals surface area contributed by atoms with Crippen molar-refractivity contribution >= 4 is 28.6 Å². The summed E-state index contributed by atoms with van der Waals surface area (Å²) in [5.74, 6) is -0.115. The third-order valence-electron chi connectivity index (χ3n) is 2.90. The summed E-state index contributed by atoms with van der Waals surface area (Å²) >= 11 is 1.56. The monoisotopic (exact) mass is 290 g/mol. The minimum atomic E-state index is -0.115. The Morgan fingerprint density at radius 3 is 2.90 bits per heavy atom. The average Bonchev–Trinajstić information content (AvgIpc) is 2.91. The number of nitrogens with two attached hydrogens (primary N) is 1. The second-order valence-corrected chi connectivity index (χ2v) is 5.38. The van der Waals surface area contributed by atoms with Crippen molar-refractivity contribution in [3.8, 4) is 0 Å². The van der Waals surface area contributed by atoms with Gasteiger partial charge in [-0.05, 0) is 18.2 Å². The smallest absolute Gasteiger partial charge is 0.253 e. The maximum Gasteiger partial charge on any atom is 0.253 e. The van der Waals surface area contributed by atoms with Crippen LogP contribution in [0.15, 0.2) is 29.1 Å². The molecule has 0 aliphatic carbocycles. The summed E-state index contributed by atoms with van der Waals surface area (Å²) in [7, 11) is 3.80. The highest BCUT2D eigenvalue weighted by Crippen LogP contribution is 2.21. The fourth-order valence-corrected chi connectivity index (χ4v) is 2.48. The first kappa shape index (κ1) is 14.3. The van der Waals surface area contributed by atoms with E-state index in [0.29, 0.717) is 17.8 Å². The summed E-state index contributed by atoms with van der Waals surface area (Å²) in [4.78, 5) is 18.3. The standard InChI is InChI=1S/C14H18N4OS/c1-18(2)13-4-3-10(15)7-12(13)14(19)16-6-5-11-8-20-9-17-11/h3-4,7-9H,5-6,15H2,1-2H3,(H,16,19). The highest BCUT2D eigenvalue weighted by atomic mass is 32.1. The summed E-state index contributed by atoms with van der Waals surface area (Å²) < 4.78 is 0. The third kappa shape index (κ3) is 3.48. The molecule has 0 bridgehead atoms. The molecule has 0 fully saturated rings. The molecule has 0 unspecified atom stereocenters. The van der Waals surface area contributed by atoms with Crippen molar-refractivity contribution in [3.63, 3.8) is 0 Å². The zero-order chi connectivity index (χ0) is 14.5. The molecule has 20 heavy (non-hydrogen) atoms. The van der Waals surface area contributed by atoms with Gasteiger partial charge in [-0.1, -0.05) is 0 Å². The number of benzene rings is 1. The van der Waals surface area contributed by atoms with Gasteiger partial charge in [-0.25, -0.2) is 4.98 Å². The minimum Gasteiger partial charge on any atom is -0.399 e. The average molecular weight is 290 g/mol. The van der Waals surface area contributed by atoms with E-state index in [1.165, 1.54) is 0 Å². The number of thiazole rings is 1. The van der Waals surface area contributed by atoms with Gasteiger partial charge in [0.25, 0.3) is 5.91 Å². The molecule has 1 amide bonds. The zero-order valence-electron chi connectivity index (χ0n) is 11.6. The highest BCUT2D eigenvalue weighted by molar-refractivity contribution is 7.07. The van der Waals surface area contributed by atoms with E-state index >= 15 is 0 Å². The van der Waals surface area contributed by atoms with Crippen LogP contribution in [0.4, 0.5) is 11.4 Å². The largest absolute Gasteiger partial charge is 0.399 e.